The van der Waals surface area contributed by atoms with E-state index in [0.29, 0.717) is 18.8 Å². The molecule has 7 heteroatoms. The first-order valence-electron chi connectivity index (χ1n) is 8.10. The van der Waals surface area contributed by atoms with Crippen molar-refractivity contribution in [2.75, 3.05) is 18.4 Å². The fraction of sp³-hybridized carbons (Fsp3) is 0.412. The van der Waals surface area contributed by atoms with Gasteiger partial charge in [-0.1, -0.05) is 30.3 Å². The number of nitrogens with one attached hydrogen (secondary N) is 1. The van der Waals surface area contributed by atoms with Crippen LogP contribution in [0.2, 0.25) is 0 Å². The van der Waals surface area contributed by atoms with Gasteiger partial charge in [0.15, 0.2) is 5.92 Å². The summed E-state index contributed by atoms with van der Waals surface area (Å²) >= 11 is 0. The Morgan fingerprint density at radius 2 is 2.04 bits per heavy atom. The highest BCUT2D eigenvalue weighted by Crippen LogP contribution is 2.41. The van der Waals surface area contributed by atoms with Gasteiger partial charge in [-0.3, -0.25) is 15.0 Å². The summed E-state index contributed by atoms with van der Waals surface area (Å²) in [4.78, 5) is 18.8. The number of likely N-dealkylation sites (tertiary alicyclic amines) is 1. The number of hydrogen-bond donors (Lipinski definition) is 1. The number of anilines is 1. The Hall–Kier alpha value is -2.72. The van der Waals surface area contributed by atoms with Crippen LogP contribution in [-0.2, 0) is 16.9 Å². The van der Waals surface area contributed by atoms with Crippen LogP contribution in [0.1, 0.15) is 18.4 Å². The molecule has 7 nitrogen and oxygen atoms in total. The third-order valence-corrected chi connectivity index (χ3v) is 5.10. The number of rotatable bonds is 2. The minimum absolute atomic E-state index is 0.269. The number of hydrogen-bond acceptors (Lipinski definition) is 5. The molecular formula is C17H18N6O. The Bertz CT molecular complexity index is 785. The maximum atomic E-state index is 12.3. The van der Waals surface area contributed by atoms with E-state index in [0.717, 1.165) is 19.6 Å². The van der Waals surface area contributed by atoms with Crippen LogP contribution in [0, 0.1) is 17.2 Å². The van der Waals surface area contributed by atoms with Crippen LogP contribution in [0.3, 0.4) is 0 Å². The van der Waals surface area contributed by atoms with Gasteiger partial charge in [-0.25, -0.2) is 4.68 Å². The van der Waals surface area contributed by atoms with Crippen LogP contribution in [0.15, 0.2) is 36.7 Å². The van der Waals surface area contributed by atoms with Gasteiger partial charge in [-0.05, 0) is 18.4 Å². The SMILES string of the molecule is N#CC1C(=O)Nc2ncnn2C12CCN(Cc1ccccc1)CC2. The molecule has 1 aromatic heterocycles. The van der Waals surface area contributed by atoms with Crippen molar-refractivity contribution in [1.29, 1.82) is 5.26 Å². The summed E-state index contributed by atoms with van der Waals surface area (Å²) in [6.45, 7) is 2.52. The van der Waals surface area contributed by atoms with E-state index in [-0.39, 0.29) is 5.91 Å². The second-order valence-corrected chi connectivity index (χ2v) is 6.41. The first-order valence-corrected chi connectivity index (χ1v) is 8.10. The molecule has 122 valence electrons. The fourth-order valence-corrected chi connectivity index (χ4v) is 3.82. The number of fused-ring (bicyclic) bond motifs is 2. The first-order chi connectivity index (χ1) is 11.7. The molecule has 2 aliphatic heterocycles. The Labute approximate surface area is 139 Å². The van der Waals surface area contributed by atoms with Crippen molar-refractivity contribution in [3.05, 3.63) is 42.2 Å². The summed E-state index contributed by atoms with van der Waals surface area (Å²) in [5.74, 6) is -0.553. The van der Waals surface area contributed by atoms with Crippen molar-refractivity contribution in [2.45, 2.75) is 24.9 Å². The average Bonchev–Trinajstić information content (AvgIpc) is 3.07. The van der Waals surface area contributed by atoms with Gasteiger partial charge in [0.25, 0.3) is 0 Å². The molecule has 0 radical (unpaired) electrons. The van der Waals surface area contributed by atoms with Crippen LogP contribution in [0.5, 0.6) is 0 Å². The smallest absolute Gasteiger partial charge is 0.246 e. The van der Waals surface area contributed by atoms with E-state index in [2.05, 4.69) is 38.5 Å². The molecule has 1 amide bonds. The molecule has 24 heavy (non-hydrogen) atoms. The van der Waals surface area contributed by atoms with Crippen molar-refractivity contribution < 1.29 is 4.79 Å². The lowest BCUT2D eigenvalue weighted by molar-refractivity contribution is -0.124. The molecule has 1 atom stereocenters. The van der Waals surface area contributed by atoms with E-state index in [9.17, 15) is 10.1 Å². The number of nitrogens with zero attached hydrogens (tertiary/aromatic N) is 5. The van der Waals surface area contributed by atoms with Crippen molar-refractivity contribution in [1.82, 2.24) is 19.7 Å². The summed E-state index contributed by atoms with van der Waals surface area (Å²) in [5.41, 5.74) is 0.684. The fourth-order valence-electron chi connectivity index (χ4n) is 3.82. The van der Waals surface area contributed by atoms with E-state index in [1.165, 1.54) is 11.9 Å². The highest BCUT2D eigenvalue weighted by molar-refractivity contribution is 5.95. The Morgan fingerprint density at radius 3 is 2.75 bits per heavy atom. The van der Waals surface area contributed by atoms with Crippen molar-refractivity contribution in [3.63, 3.8) is 0 Å². The summed E-state index contributed by atoms with van der Waals surface area (Å²) in [6.07, 6.45) is 2.86. The maximum absolute atomic E-state index is 12.3. The molecular weight excluding hydrogens is 304 g/mol. The number of aromatic nitrogens is 3. The molecule has 1 fully saturated rings. The molecule has 1 unspecified atom stereocenters. The standard InChI is InChI=1S/C17H18N6O/c18-10-14-15(24)21-16-19-12-20-23(16)17(14)6-8-22(9-7-17)11-13-4-2-1-3-5-13/h1-5,12,14H,6-9,11H2,(H,19,20,21,24). The van der Waals surface area contributed by atoms with E-state index < -0.39 is 11.5 Å². The number of carbonyl (C=O) groups excluding carboxylic acids is 1. The van der Waals surface area contributed by atoms with Crippen LogP contribution >= 0.6 is 0 Å². The molecule has 1 aromatic carbocycles. The molecule has 1 spiro atoms. The van der Waals surface area contributed by atoms with Gasteiger partial charge in [-0.15, -0.1) is 0 Å². The van der Waals surface area contributed by atoms with Gasteiger partial charge >= 0.3 is 0 Å². The number of amides is 1. The summed E-state index contributed by atoms with van der Waals surface area (Å²) < 4.78 is 1.75. The maximum Gasteiger partial charge on any atom is 0.246 e. The predicted octanol–water partition coefficient (Wildman–Crippen LogP) is 1.36. The van der Waals surface area contributed by atoms with Gasteiger partial charge < -0.3 is 0 Å². The third-order valence-electron chi connectivity index (χ3n) is 5.10. The quantitative estimate of drug-likeness (QED) is 0.902. The van der Waals surface area contributed by atoms with Crippen LogP contribution in [0.4, 0.5) is 5.95 Å². The number of piperidine rings is 1. The molecule has 4 rings (SSSR count). The van der Waals surface area contributed by atoms with Crippen LogP contribution < -0.4 is 5.32 Å². The molecule has 3 heterocycles. The zero-order valence-corrected chi connectivity index (χ0v) is 13.2. The van der Waals surface area contributed by atoms with Crippen molar-refractivity contribution >= 4 is 11.9 Å². The summed E-state index contributed by atoms with van der Waals surface area (Å²) in [7, 11) is 0. The third kappa shape index (κ3) is 2.27. The van der Waals surface area contributed by atoms with Gasteiger partial charge in [0.2, 0.25) is 11.9 Å². The van der Waals surface area contributed by atoms with E-state index in [1.807, 2.05) is 18.2 Å². The lowest BCUT2D eigenvalue weighted by Crippen LogP contribution is -2.56. The average molecular weight is 322 g/mol. The number of nitriles is 1. The lowest BCUT2D eigenvalue weighted by Gasteiger charge is -2.45. The molecule has 1 N–H and O–H groups in total. The van der Waals surface area contributed by atoms with Gasteiger partial charge in [0, 0.05) is 19.6 Å². The second kappa shape index (κ2) is 5.73. The van der Waals surface area contributed by atoms with Crippen LogP contribution in [0.25, 0.3) is 0 Å². The molecule has 2 aliphatic rings. The highest BCUT2D eigenvalue weighted by atomic mass is 16.2. The molecule has 1 saturated heterocycles. The molecule has 2 aromatic rings. The Balaban J connectivity index is 1.57. The molecule has 0 saturated carbocycles. The van der Waals surface area contributed by atoms with Crippen molar-refractivity contribution in [3.8, 4) is 6.07 Å². The Morgan fingerprint density at radius 1 is 1.29 bits per heavy atom. The van der Waals surface area contributed by atoms with E-state index in [4.69, 9.17) is 0 Å². The summed E-state index contributed by atoms with van der Waals surface area (Å²) in [5, 5.41) is 16.5. The monoisotopic (exact) mass is 322 g/mol. The zero-order chi connectivity index (χ0) is 16.6. The molecule has 0 aliphatic carbocycles. The highest BCUT2D eigenvalue weighted by Gasteiger charge is 2.51. The van der Waals surface area contributed by atoms with Crippen LogP contribution in [-0.4, -0.2) is 38.7 Å². The topological polar surface area (TPSA) is 86.8 Å². The van der Waals surface area contributed by atoms with Gasteiger partial charge in [0.1, 0.15) is 6.33 Å². The Kier molecular flexibility index (Phi) is 3.54. The second-order valence-electron chi connectivity index (χ2n) is 6.41. The minimum atomic E-state index is -0.731. The van der Waals surface area contributed by atoms with Gasteiger partial charge in [-0.2, -0.15) is 15.3 Å². The largest absolute Gasteiger partial charge is 0.299 e. The summed E-state index contributed by atoms with van der Waals surface area (Å²) in [6, 6.07) is 12.5. The van der Waals surface area contributed by atoms with Crippen molar-refractivity contribution in [2.24, 2.45) is 5.92 Å². The van der Waals surface area contributed by atoms with E-state index in [1.54, 1.807) is 4.68 Å². The van der Waals surface area contributed by atoms with Gasteiger partial charge in [0.05, 0.1) is 11.6 Å². The number of benzene rings is 1. The normalized spacial score (nSPS) is 22.6. The minimum Gasteiger partial charge on any atom is -0.299 e. The first kappa shape index (κ1) is 14.8. The lowest BCUT2D eigenvalue weighted by atomic mass is 9.75. The zero-order valence-electron chi connectivity index (χ0n) is 13.2. The van der Waals surface area contributed by atoms with E-state index >= 15 is 0 Å². The number of carbonyl (C=O) groups is 1. The predicted molar refractivity (Wildman–Crippen MR) is 86.7 cm³/mol. The molecule has 0 bridgehead atoms.